The van der Waals surface area contributed by atoms with Gasteiger partial charge >= 0.3 is 5.97 Å². The van der Waals surface area contributed by atoms with E-state index >= 15 is 0 Å². The van der Waals surface area contributed by atoms with Crippen molar-refractivity contribution >= 4 is 23.2 Å². The van der Waals surface area contributed by atoms with E-state index in [4.69, 9.17) is 17.3 Å². The van der Waals surface area contributed by atoms with Crippen LogP contribution in [0.1, 0.15) is 50.5 Å². The van der Waals surface area contributed by atoms with Crippen LogP contribution >= 0.6 is 12.2 Å². The number of nitrogens with zero attached hydrogens (tertiary/aromatic N) is 1. The number of carboxylic acids is 1. The topological polar surface area (TPSA) is 60.8 Å². The molecule has 0 spiro atoms. The van der Waals surface area contributed by atoms with Crippen LogP contribution in [0.2, 0.25) is 0 Å². The van der Waals surface area contributed by atoms with Crippen molar-refractivity contribution in [3.63, 3.8) is 0 Å². The molecule has 0 aliphatic carbocycles. The van der Waals surface area contributed by atoms with Crippen LogP contribution in [0.15, 0.2) is 30.4 Å². The highest BCUT2D eigenvalue weighted by molar-refractivity contribution is 7.80. The predicted molar refractivity (Wildman–Crippen MR) is 108 cm³/mol. The highest BCUT2D eigenvalue weighted by Crippen LogP contribution is 2.22. The Bertz CT molecular complexity index is 691. The van der Waals surface area contributed by atoms with Gasteiger partial charge in [-0.15, -0.1) is 0 Å². The van der Waals surface area contributed by atoms with Crippen molar-refractivity contribution < 1.29 is 23.8 Å². The van der Waals surface area contributed by atoms with Gasteiger partial charge in [0.1, 0.15) is 11.6 Å². The summed E-state index contributed by atoms with van der Waals surface area (Å²) >= 11 is 5.43. The molecule has 1 aliphatic rings. The van der Waals surface area contributed by atoms with Crippen LogP contribution in [0.3, 0.4) is 0 Å². The molecule has 0 bridgehead atoms. The van der Waals surface area contributed by atoms with Gasteiger partial charge in [-0.3, -0.25) is 4.79 Å². The minimum atomic E-state index is -0.826. The molecule has 4 nitrogen and oxygen atoms in total. The van der Waals surface area contributed by atoms with Gasteiger partial charge in [-0.2, -0.15) is 0 Å². The van der Waals surface area contributed by atoms with Gasteiger partial charge in [-0.05, 0) is 37.0 Å². The van der Waals surface area contributed by atoms with E-state index in [1.54, 1.807) is 6.08 Å². The fourth-order valence-electron chi connectivity index (χ4n) is 3.45. The number of halogens is 2. The summed E-state index contributed by atoms with van der Waals surface area (Å²) in [6, 6.07) is 3.37. The molecule has 28 heavy (non-hydrogen) atoms. The Morgan fingerprint density at radius 1 is 1.21 bits per heavy atom. The summed E-state index contributed by atoms with van der Waals surface area (Å²) in [6.45, 7) is 0.812. The van der Waals surface area contributed by atoms with Crippen molar-refractivity contribution in [1.29, 1.82) is 0 Å². The van der Waals surface area contributed by atoms with Gasteiger partial charge in [0.15, 0.2) is 0 Å². The lowest BCUT2D eigenvalue weighted by Gasteiger charge is -2.24. The molecule has 2 atom stereocenters. The molecule has 2 N–H and O–H groups in total. The normalized spacial score (nSPS) is 18.2. The maximum absolute atomic E-state index is 13.2. The van der Waals surface area contributed by atoms with Crippen molar-refractivity contribution in [2.75, 3.05) is 6.54 Å². The first-order valence-corrected chi connectivity index (χ1v) is 10.1. The summed E-state index contributed by atoms with van der Waals surface area (Å²) in [4.78, 5) is 13.6. The number of benzene rings is 1. The zero-order valence-electron chi connectivity index (χ0n) is 15.8. The Labute approximate surface area is 169 Å². The highest BCUT2D eigenvalue weighted by Gasteiger charge is 2.25. The molecule has 7 heteroatoms. The first-order chi connectivity index (χ1) is 13.3. The van der Waals surface area contributed by atoms with E-state index in [1.165, 1.54) is 12.1 Å². The lowest BCUT2D eigenvalue weighted by atomic mass is 10.1. The Balaban J connectivity index is 1.80. The van der Waals surface area contributed by atoms with Gasteiger partial charge in [0.25, 0.3) is 0 Å². The third kappa shape index (κ3) is 7.64. The fourth-order valence-corrected chi connectivity index (χ4v) is 3.80. The number of aliphatic hydroxyl groups excluding tert-OH is 1. The monoisotopic (exact) mass is 411 g/mol. The molecule has 1 fully saturated rings. The van der Waals surface area contributed by atoms with Crippen LogP contribution in [0.25, 0.3) is 0 Å². The van der Waals surface area contributed by atoms with Crippen LogP contribution in [-0.2, 0) is 11.2 Å². The zero-order chi connectivity index (χ0) is 20.5. The minimum Gasteiger partial charge on any atom is -0.481 e. The summed E-state index contributed by atoms with van der Waals surface area (Å²) in [5, 5.41) is 18.8. The molecule has 0 radical (unpaired) electrons. The third-order valence-corrected chi connectivity index (χ3v) is 5.28. The van der Waals surface area contributed by atoms with Gasteiger partial charge in [0, 0.05) is 37.9 Å². The molecule has 1 aromatic rings. The van der Waals surface area contributed by atoms with Crippen LogP contribution in [0.4, 0.5) is 8.78 Å². The molecular weight excluding hydrogens is 384 g/mol. The number of hydrogen-bond donors (Lipinski definition) is 2. The number of rotatable bonds is 11. The number of hydrogen-bond acceptors (Lipinski definition) is 3. The molecule has 0 saturated carbocycles. The van der Waals surface area contributed by atoms with Crippen molar-refractivity contribution in [2.45, 2.75) is 63.5 Å². The van der Waals surface area contributed by atoms with E-state index < -0.39 is 23.7 Å². The van der Waals surface area contributed by atoms with E-state index in [9.17, 15) is 18.7 Å². The van der Waals surface area contributed by atoms with Gasteiger partial charge in [0.2, 0.25) is 0 Å². The summed E-state index contributed by atoms with van der Waals surface area (Å²) in [5.74, 6) is -2.06. The lowest BCUT2D eigenvalue weighted by molar-refractivity contribution is -0.137. The SMILES string of the molecule is O=C(O)CCCCCCN1C(=S)CC[C@@H]1/C=C/[C@@H](O)Cc1cc(F)cc(F)c1. The minimum absolute atomic E-state index is 0.116. The maximum atomic E-state index is 13.2. The summed E-state index contributed by atoms with van der Waals surface area (Å²) in [6.07, 6.45) is 8.30. The lowest BCUT2D eigenvalue weighted by Crippen LogP contribution is -2.32. The van der Waals surface area contributed by atoms with Crippen LogP contribution < -0.4 is 0 Å². The number of unbranched alkanes of at least 4 members (excludes halogenated alkanes) is 3. The van der Waals surface area contributed by atoms with Gasteiger partial charge < -0.3 is 15.1 Å². The Morgan fingerprint density at radius 3 is 2.57 bits per heavy atom. The standard InChI is InChI=1S/C21H27F2NO3S/c22-16-11-15(12-17(23)14-16)13-19(25)8-6-18-7-9-20(28)24(18)10-4-2-1-3-5-21(26)27/h6,8,11-12,14,18-19,25H,1-5,7,9-10,13H2,(H,26,27)/b8-6+/t18-,19+/m0/s1. The Hall–Kier alpha value is -1.86. The largest absolute Gasteiger partial charge is 0.481 e. The molecule has 1 aromatic carbocycles. The number of likely N-dealkylation sites (tertiary alicyclic amines) is 1. The molecular formula is C21H27F2NO3S. The summed E-state index contributed by atoms with van der Waals surface area (Å²) in [7, 11) is 0. The maximum Gasteiger partial charge on any atom is 0.303 e. The van der Waals surface area contributed by atoms with Crippen molar-refractivity contribution in [2.24, 2.45) is 0 Å². The molecule has 0 aromatic heterocycles. The number of thiocarbonyl (C=S) groups is 1. The van der Waals surface area contributed by atoms with Gasteiger partial charge in [0.05, 0.1) is 11.1 Å². The molecule has 0 unspecified atom stereocenters. The van der Waals surface area contributed by atoms with Crippen LogP contribution in [0, 0.1) is 11.6 Å². The summed E-state index contributed by atoms with van der Waals surface area (Å²) < 4.78 is 26.5. The van der Waals surface area contributed by atoms with Gasteiger partial charge in [-0.25, -0.2) is 8.78 Å². The molecule has 1 heterocycles. The van der Waals surface area contributed by atoms with E-state index in [0.29, 0.717) is 12.0 Å². The number of aliphatic hydroxyl groups is 1. The van der Waals surface area contributed by atoms with Crippen molar-refractivity contribution in [3.8, 4) is 0 Å². The van der Waals surface area contributed by atoms with E-state index in [-0.39, 0.29) is 18.9 Å². The molecule has 0 amide bonds. The zero-order valence-corrected chi connectivity index (χ0v) is 16.6. The fraction of sp³-hybridized carbons (Fsp3) is 0.524. The third-order valence-electron chi connectivity index (χ3n) is 4.84. The molecule has 154 valence electrons. The Morgan fingerprint density at radius 2 is 1.89 bits per heavy atom. The van der Waals surface area contributed by atoms with Crippen molar-refractivity contribution in [1.82, 2.24) is 4.90 Å². The average molecular weight is 412 g/mol. The first-order valence-electron chi connectivity index (χ1n) is 9.68. The average Bonchev–Trinajstić information content (AvgIpc) is 2.95. The quantitative estimate of drug-likeness (QED) is 0.324. The molecule has 1 aliphatic heterocycles. The number of aliphatic carboxylic acids is 1. The van der Waals surface area contributed by atoms with Crippen LogP contribution in [0.5, 0.6) is 0 Å². The van der Waals surface area contributed by atoms with E-state index in [0.717, 1.165) is 49.7 Å². The summed E-state index contributed by atoms with van der Waals surface area (Å²) in [5.41, 5.74) is 0.412. The predicted octanol–water partition coefficient (Wildman–Crippen LogP) is 4.25. The second-order valence-corrected chi connectivity index (χ2v) is 7.66. The van der Waals surface area contributed by atoms with Gasteiger partial charge in [-0.1, -0.05) is 37.2 Å². The Kier molecular flexibility index (Phi) is 8.99. The number of carbonyl (C=O) groups is 1. The van der Waals surface area contributed by atoms with E-state index in [2.05, 4.69) is 4.90 Å². The molecule has 2 rings (SSSR count). The second kappa shape index (κ2) is 11.2. The first kappa shape index (κ1) is 22.4. The number of carboxylic acid groups (broad SMARTS) is 1. The van der Waals surface area contributed by atoms with Crippen molar-refractivity contribution in [3.05, 3.63) is 47.5 Å². The smallest absolute Gasteiger partial charge is 0.303 e. The van der Waals surface area contributed by atoms with Crippen LogP contribution in [-0.4, -0.2) is 44.8 Å². The second-order valence-electron chi connectivity index (χ2n) is 7.19. The molecule has 1 saturated heterocycles. The highest BCUT2D eigenvalue weighted by atomic mass is 32.1. The van der Waals surface area contributed by atoms with E-state index in [1.807, 2.05) is 6.08 Å².